The number of fused-ring (bicyclic) bond motifs is 5. The van der Waals surface area contributed by atoms with E-state index in [0.717, 1.165) is 5.69 Å². The normalized spacial score (nSPS) is 17.5. The Kier molecular flexibility index (Phi) is 2.95. The second-order valence-electron chi connectivity index (χ2n) is 6.29. The van der Waals surface area contributed by atoms with Crippen LogP contribution in [0.4, 0.5) is 0 Å². The van der Waals surface area contributed by atoms with Crippen LogP contribution in [0.2, 0.25) is 0 Å². The van der Waals surface area contributed by atoms with Gasteiger partial charge in [0.05, 0.1) is 5.69 Å². The molecule has 1 unspecified atom stereocenters. The second kappa shape index (κ2) is 5.14. The molecule has 0 amide bonds. The summed E-state index contributed by atoms with van der Waals surface area (Å²) in [6.07, 6.45) is 3.57. The zero-order valence-corrected chi connectivity index (χ0v) is 13.5. The summed E-state index contributed by atoms with van der Waals surface area (Å²) >= 11 is 1.45. The van der Waals surface area contributed by atoms with Gasteiger partial charge in [0.25, 0.3) is 0 Å². The van der Waals surface area contributed by atoms with Crippen LogP contribution in [-0.2, 0) is 6.42 Å². The number of nitrogens with zero attached hydrogens (tertiary/aromatic N) is 2. The lowest BCUT2D eigenvalue weighted by atomic mass is 9.78. The van der Waals surface area contributed by atoms with Crippen molar-refractivity contribution in [2.75, 3.05) is 0 Å². The molecule has 1 heterocycles. The minimum atomic E-state index is 0.391. The number of hydrogen-bond acceptors (Lipinski definition) is 3. The molecule has 0 N–H and O–H groups in total. The number of rotatable bonds is 1. The van der Waals surface area contributed by atoms with Crippen LogP contribution in [-0.4, -0.2) is 9.59 Å². The first kappa shape index (κ1) is 13.2. The van der Waals surface area contributed by atoms with Crippen LogP contribution in [0, 0.1) is 0 Å². The van der Waals surface area contributed by atoms with Crippen molar-refractivity contribution in [3.05, 3.63) is 70.7 Å². The van der Waals surface area contributed by atoms with E-state index in [2.05, 4.69) is 63.5 Å². The molecule has 0 saturated carbocycles. The first-order chi connectivity index (χ1) is 11.4. The Labute approximate surface area is 138 Å². The summed E-state index contributed by atoms with van der Waals surface area (Å²) in [4.78, 5) is 0. The summed E-state index contributed by atoms with van der Waals surface area (Å²) in [6.45, 7) is 0. The number of benzene rings is 3. The first-order valence-corrected chi connectivity index (χ1v) is 8.95. The van der Waals surface area contributed by atoms with Gasteiger partial charge in [-0.3, -0.25) is 0 Å². The first-order valence-electron chi connectivity index (χ1n) is 8.12. The molecule has 3 heteroatoms. The van der Waals surface area contributed by atoms with Crippen molar-refractivity contribution in [2.24, 2.45) is 0 Å². The van der Waals surface area contributed by atoms with Gasteiger partial charge >= 0.3 is 0 Å². The number of aromatic nitrogens is 2. The van der Waals surface area contributed by atoms with Crippen LogP contribution in [0.15, 0.2) is 53.9 Å². The highest BCUT2D eigenvalue weighted by Crippen LogP contribution is 2.41. The van der Waals surface area contributed by atoms with Gasteiger partial charge in [0.2, 0.25) is 0 Å². The molecule has 5 rings (SSSR count). The molecule has 2 nitrogen and oxygen atoms in total. The molecule has 1 aliphatic rings. The highest BCUT2D eigenvalue weighted by atomic mass is 32.1. The summed E-state index contributed by atoms with van der Waals surface area (Å²) in [6, 6.07) is 17.8. The van der Waals surface area contributed by atoms with Gasteiger partial charge in [-0.15, -0.1) is 5.10 Å². The maximum absolute atomic E-state index is 4.38. The van der Waals surface area contributed by atoms with Gasteiger partial charge in [-0.25, -0.2) is 0 Å². The minimum Gasteiger partial charge on any atom is -0.143 e. The summed E-state index contributed by atoms with van der Waals surface area (Å²) in [7, 11) is 0. The molecule has 23 heavy (non-hydrogen) atoms. The molecule has 1 atom stereocenters. The van der Waals surface area contributed by atoms with Crippen LogP contribution in [0.3, 0.4) is 0 Å². The SMILES string of the molecule is c1ccc2c(c1)ccc1c3c(ccc12)CCCC3c1csnn1. The number of aryl methyl sites for hydroxylation is 1. The molecular formula is C20H16N2S. The monoisotopic (exact) mass is 316 g/mol. The Morgan fingerprint density at radius 1 is 0.913 bits per heavy atom. The van der Waals surface area contributed by atoms with Crippen molar-refractivity contribution in [3.63, 3.8) is 0 Å². The van der Waals surface area contributed by atoms with Crippen LogP contribution in [0.5, 0.6) is 0 Å². The third-order valence-electron chi connectivity index (χ3n) is 5.08. The van der Waals surface area contributed by atoms with Crippen molar-refractivity contribution >= 4 is 33.1 Å². The van der Waals surface area contributed by atoms with E-state index in [1.165, 1.54) is 63.5 Å². The molecule has 0 radical (unpaired) electrons. The standard InChI is InChI=1S/C20H16N2S/c1-2-6-15-13(4-1)8-11-17-16(15)10-9-14-5-3-7-18(20(14)17)19-12-23-22-21-19/h1-2,4,6,8-12,18H,3,5,7H2. The fourth-order valence-corrected chi connectivity index (χ4v) is 4.55. The van der Waals surface area contributed by atoms with Crippen molar-refractivity contribution in [2.45, 2.75) is 25.2 Å². The van der Waals surface area contributed by atoms with Crippen molar-refractivity contribution in [1.29, 1.82) is 0 Å². The molecule has 4 aromatic rings. The summed E-state index contributed by atoms with van der Waals surface area (Å²) in [5.74, 6) is 0.391. The zero-order valence-electron chi connectivity index (χ0n) is 12.7. The van der Waals surface area contributed by atoms with Crippen molar-refractivity contribution in [1.82, 2.24) is 9.59 Å². The van der Waals surface area contributed by atoms with Crippen molar-refractivity contribution < 1.29 is 0 Å². The molecule has 0 bridgehead atoms. The smallest absolute Gasteiger partial charge is 0.0830 e. The molecule has 0 aliphatic heterocycles. The fraction of sp³-hybridized carbons (Fsp3) is 0.200. The van der Waals surface area contributed by atoms with Crippen LogP contribution in [0.1, 0.15) is 35.6 Å². The van der Waals surface area contributed by atoms with Gasteiger partial charge in [-0.2, -0.15) is 0 Å². The Hall–Kier alpha value is -2.26. The average molecular weight is 316 g/mol. The van der Waals surface area contributed by atoms with E-state index in [0.29, 0.717) is 5.92 Å². The zero-order chi connectivity index (χ0) is 15.2. The van der Waals surface area contributed by atoms with Gasteiger partial charge < -0.3 is 0 Å². The Morgan fingerprint density at radius 3 is 2.74 bits per heavy atom. The van der Waals surface area contributed by atoms with E-state index in [9.17, 15) is 0 Å². The van der Waals surface area contributed by atoms with Gasteiger partial charge in [0, 0.05) is 11.3 Å². The topological polar surface area (TPSA) is 25.8 Å². The average Bonchev–Trinajstić information content (AvgIpc) is 3.15. The summed E-state index contributed by atoms with van der Waals surface area (Å²) < 4.78 is 4.09. The largest absolute Gasteiger partial charge is 0.143 e. The molecule has 112 valence electrons. The van der Waals surface area contributed by atoms with E-state index in [1.807, 2.05) is 0 Å². The number of hydrogen-bond donors (Lipinski definition) is 0. The molecule has 0 spiro atoms. The maximum Gasteiger partial charge on any atom is 0.0830 e. The third-order valence-corrected chi connectivity index (χ3v) is 5.60. The van der Waals surface area contributed by atoms with E-state index < -0.39 is 0 Å². The van der Waals surface area contributed by atoms with Gasteiger partial charge in [0.1, 0.15) is 0 Å². The van der Waals surface area contributed by atoms with Gasteiger partial charge in [0.15, 0.2) is 0 Å². The molecular weight excluding hydrogens is 300 g/mol. The van der Waals surface area contributed by atoms with E-state index in [-0.39, 0.29) is 0 Å². The highest BCUT2D eigenvalue weighted by Gasteiger charge is 2.26. The van der Waals surface area contributed by atoms with Crippen LogP contribution in [0.25, 0.3) is 21.5 Å². The lowest BCUT2D eigenvalue weighted by Gasteiger charge is -2.26. The molecule has 1 aliphatic carbocycles. The van der Waals surface area contributed by atoms with Gasteiger partial charge in [-0.05, 0) is 63.5 Å². The lowest BCUT2D eigenvalue weighted by molar-refractivity contribution is 0.607. The summed E-state index contributed by atoms with van der Waals surface area (Å²) in [5.41, 5.74) is 4.10. The fourth-order valence-electron chi connectivity index (χ4n) is 4.05. The minimum absolute atomic E-state index is 0.391. The molecule has 0 saturated heterocycles. The molecule has 1 aromatic heterocycles. The summed E-state index contributed by atoms with van der Waals surface area (Å²) in [5, 5.41) is 11.9. The van der Waals surface area contributed by atoms with Crippen LogP contribution < -0.4 is 0 Å². The van der Waals surface area contributed by atoms with E-state index in [1.54, 1.807) is 0 Å². The highest BCUT2D eigenvalue weighted by molar-refractivity contribution is 7.03. The van der Waals surface area contributed by atoms with Gasteiger partial charge in [-0.1, -0.05) is 53.0 Å². The lowest BCUT2D eigenvalue weighted by Crippen LogP contribution is -2.12. The van der Waals surface area contributed by atoms with E-state index in [4.69, 9.17) is 0 Å². The van der Waals surface area contributed by atoms with E-state index >= 15 is 0 Å². The van der Waals surface area contributed by atoms with Crippen molar-refractivity contribution in [3.8, 4) is 0 Å². The molecule has 0 fully saturated rings. The quantitative estimate of drug-likeness (QED) is 0.445. The Morgan fingerprint density at radius 2 is 1.83 bits per heavy atom. The predicted molar refractivity (Wildman–Crippen MR) is 96.1 cm³/mol. The Balaban J connectivity index is 1.86. The third kappa shape index (κ3) is 2.00. The predicted octanol–water partition coefficient (Wildman–Crippen LogP) is 5.31. The van der Waals surface area contributed by atoms with Crippen LogP contribution >= 0.6 is 11.5 Å². The maximum atomic E-state index is 4.38. The molecule has 3 aromatic carbocycles. The second-order valence-corrected chi connectivity index (χ2v) is 6.90. The Bertz CT molecular complexity index is 1000.